The topological polar surface area (TPSA) is 136 Å². The molecule has 4 amide bonds. The van der Waals surface area contributed by atoms with Crippen LogP contribution in [0.25, 0.3) is 21.8 Å². The van der Waals surface area contributed by atoms with E-state index in [2.05, 4.69) is 9.97 Å². The number of anilines is 2. The van der Waals surface area contributed by atoms with Gasteiger partial charge < -0.3 is 25.5 Å². The van der Waals surface area contributed by atoms with E-state index in [0.29, 0.717) is 49.8 Å². The maximum atomic E-state index is 14.1. The third-order valence-electron chi connectivity index (χ3n) is 11.2. The first-order valence-electron chi connectivity index (χ1n) is 16.2. The molecule has 3 aromatic carbocycles. The first-order chi connectivity index (χ1) is 22.8. The fourth-order valence-corrected chi connectivity index (χ4v) is 9.00. The summed E-state index contributed by atoms with van der Waals surface area (Å²) in [5.41, 5.74) is 14.3. The molecule has 1 saturated carbocycles. The highest BCUT2D eigenvalue weighted by Gasteiger charge is 2.64. The van der Waals surface area contributed by atoms with Crippen molar-refractivity contribution in [1.29, 1.82) is 0 Å². The van der Waals surface area contributed by atoms with Crippen molar-refractivity contribution < 1.29 is 19.2 Å². The summed E-state index contributed by atoms with van der Waals surface area (Å²) in [7, 11) is 0. The molecular weight excluding hydrogens is 592 g/mol. The molecule has 2 aromatic heterocycles. The highest BCUT2D eigenvalue weighted by molar-refractivity contribution is 6.12. The average molecular weight is 623 g/mol. The molecule has 47 heavy (non-hydrogen) atoms. The highest BCUT2D eigenvalue weighted by atomic mass is 16.2. The molecule has 10 heteroatoms. The number of fused-ring (bicyclic) bond motifs is 7. The molecule has 1 spiro atoms. The number of benzene rings is 3. The van der Waals surface area contributed by atoms with E-state index in [1.165, 1.54) is 0 Å². The Morgan fingerprint density at radius 2 is 1.38 bits per heavy atom. The maximum Gasteiger partial charge on any atom is 0.319 e. The summed E-state index contributed by atoms with van der Waals surface area (Å²) < 4.78 is 0. The number of hydrogen-bond donors (Lipinski definition) is 3. The fourth-order valence-electron chi connectivity index (χ4n) is 9.00. The summed E-state index contributed by atoms with van der Waals surface area (Å²) >= 11 is 0. The van der Waals surface area contributed by atoms with Gasteiger partial charge in [-0.05, 0) is 84.7 Å². The number of allylic oxidation sites excluding steroid dienone is 2. The Kier molecular flexibility index (Phi) is 5.09. The number of aromatic amines is 2. The molecule has 10 rings (SSSR count). The van der Waals surface area contributed by atoms with Crippen LogP contribution < -0.4 is 15.5 Å². The van der Waals surface area contributed by atoms with Crippen molar-refractivity contribution in [2.45, 2.75) is 31.1 Å². The maximum absolute atomic E-state index is 14.1. The molecule has 0 unspecified atom stereocenters. The fraction of sp³-hybridized carbons (Fsp3) is 0.243. The monoisotopic (exact) mass is 622 g/mol. The predicted octanol–water partition coefficient (Wildman–Crippen LogP) is 5.18. The van der Waals surface area contributed by atoms with Crippen molar-refractivity contribution in [3.05, 3.63) is 106 Å². The van der Waals surface area contributed by atoms with Crippen LogP contribution >= 0.6 is 0 Å². The number of aromatic nitrogens is 2. The van der Waals surface area contributed by atoms with E-state index < -0.39 is 6.03 Å². The van der Waals surface area contributed by atoms with Gasteiger partial charge in [-0.15, -0.1) is 0 Å². The first kappa shape index (κ1) is 26.6. The lowest BCUT2D eigenvalue weighted by Gasteiger charge is -2.38. The van der Waals surface area contributed by atoms with Crippen LogP contribution in [-0.2, 0) is 18.3 Å². The number of H-pyrrole nitrogens is 2. The molecule has 2 fully saturated rings. The zero-order valence-electron chi connectivity index (χ0n) is 25.4. The third-order valence-corrected chi connectivity index (χ3v) is 11.2. The number of amides is 4. The minimum atomic E-state index is -0.479. The molecule has 2 atom stereocenters. The van der Waals surface area contributed by atoms with Crippen LogP contribution in [0.5, 0.6) is 0 Å². The van der Waals surface area contributed by atoms with Crippen LogP contribution in [0.3, 0.4) is 0 Å². The number of rotatable bonds is 2. The second-order valence-electron chi connectivity index (χ2n) is 13.4. The van der Waals surface area contributed by atoms with E-state index in [9.17, 15) is 19.2 Å². The molecule has 4 N–H and O–H groups in total. The number of likely N-dealkylation sites (tertiary alicyclic amines) is 1. The second kappa shape index (κ2) is 9.00. The number of nitrogens with one attached hydrogen (secondary N) is 2. The molecule has 3 aliphatic heterocycles. The smallest absolute Gasteiger partial charge is 0.319 e. The van der Waals surface area contributed by atoms with E-state index in [4.69, 9.17) is 5.73 Å². The quantitative estimate of drug-likeness (QED) is 0.250. The van der Waals surface area contributed by atoms with Crippen molar-refractivity contribution in [3.8, 4) is 0 Å². The van der Waals surface area contributed by atoms with Crippen LogP contribution in [0, 0.1) is 5.92 Å². The molecule has 0 radical (unpaired) electrons. The second-order valence-corrected chi connectivity index (χ2v) is 13.4. The molecule has 2 aliphatic carbocycles. The van der Waals surface area contributed by atoms with Crippen LogP contribution in [0.15, 0.2) is 72.4 Å². The standard InChI is InChI=1S/C37H30N6O4/c38-36(47)42-14-11-21-24-15-28(39-27(24)6-8-31(21)42)34(45)41-13-10-20-23-16-29(40-26(23)5-7-30(20)41)35(46)43-12-9-19-18-37(19)25-4-2-1-3-22(25)32(44)17-33(37)43/h1-8,15-17,19,39-40H,9-14,18H2,(H2,38,47)/t19-,37+/m0/s1. The van der Waals surface area contributed by atoms with Crippen molar-refractivity contribution >= 4 is 56.8 Å². The van der Waals surface area contributed by atoms with Gasteiger partial charge in [0, 0.05) is 75.6 Å². The minimum absolute atomic E-state index is 0.0437. The number of carbonyl (C=O) groups is 4. The number of nitrogens with zero attached hydrogens (tertiary/aromatic N) is 3. The Balaban J connectivity index is 0.965. The minimum Gasteiger partial charge on any atom is -0.351 e. The summed E-state index contributed by atoms with van der Waals surface area (Å²) in [6.45, 7) is 1.63. The Morgan fingerprint density at radius 3 is 2.06 bits per heavy atom. The number of urea groups is 1. The van der Waals surface area contributed by atoms with Gasteiger partial charge >= 0.3 is 6.03 Å². The lowest BCUT2D eigenvalue weighted by molar-refractivity contribution is 0.0762. The summed E-state index contributed by atoms with van der Waals surface area (Å²) in [6, 6.07) is 18.8. The van der Waals surface area contributed by atoms with E-state index in [-0.39, 0.29) is 23.0 Å². The van der Waals surface area contributed by atoms with E-state index in [1.807, 2.05) is 65.6 Å². The van der Waals surface area contributed by atoms with Crippen molar-refractivity contribution in [3.63, 3.8) is 0 Å². The van der Waals surface area contributed by atoms with Gasteiger partial charge in [0.05, 0.1) is 0 Å². The zero-order chi connectivity index (χ0) is 31.8. The Morgan fingerprint density at radius 1 is 0.766 bits per heavy atom. The number of nitrogens with two attached hydrogens (primary N) is 1. The summed E-state index contributed by atoms with van der Waals surface area (Å²) in [6.07, 6.45) is 4.90. The third kappa shape index (κ3) is 3.44. The molecule has 232 valence electrons. The van der Waals surface area contributed by atoms with E-state index >= 15 is 0 Å². The number of ketones is 1. The van der Waals surface area contributed by atoms with Crippen LogP contribution in [0.2, 0.25) is 0 Å². The summed E-state index contributed by atoms with van der Waals surface area (Å²) in [5, 5.41) is 1.85. The molecule has 1 saturated heterocycles. The van der Waals surface area contributed by atoms with E-state index in [0.717, 1.165) is 74.0 Å². The SMILES string of the molecule is NC(=O)N1CCc2c1ccc1[nH]c(C(=O)N3CCc4c3ccc3[nH]c(C(=O)N5CC[C@H]6C[C@@]67C5=CC(=O)c5ccccc57)cc43)cc21. The normalized spacial score (nSPS) is 22.1. The van der Waals surface area contributed by atoms with Crippen molar-refractivity contribution in [2.24, 2.45) is 11.7 Å². The van der Waals surface area contributed by atoms with Gasteiger partial charge in [0.2, 0.25) is 0 Å². The molecular formula is C37H30N6O4. The first-order valence-corrected chi connectivity index (χ1v) is 16.2. The number of carbonyl (C=O) groups excluding carboxylic acids is 4. The van der Waals surface area contributed by atoms with Gasteiger partial charge in [-0.2, -0.15) is 0 Å². The van der Waals surface area contributed by atoms with E-state index in [1.54, 1.807) is 15.9 Å². The van der Waals surface area contributed by atoms with Gasteiger partial charge in [0.15, 0.2) is 5.78 Å². The lowest BCUT2D eigenvalue weighted by atomic mass is 9.77. The highest BCUT2D eigenvalue weighted by Crippen LogP contribution is 2.65. The molecule has 0 bridgehead atoms. The summed E-state index contributed by atoms with van der Waals surface area (Å²) in [5.74, 6) is 0.142. The molecule has 5 aromatic rings. The molecule has 5 heterocycles. The predicted molar refractivity (Wildman–Crippen MR) is 177 cm³/mol. The number of piperidine rings is 1. The van der Waals surface area contributed by atoms with Crippen LogP contribution in [-0.4, -0.2) is 58.1 Å². The Bertz CT molecular complexity index is 2330. The molecule has 10 nitrogen and oxygen atoms in total. The number of primary amides is 1. The van der Waals surface area contributed by atoms with Gasteiger partial charge in [-0.25, -0.2) is 4.79 Å². The number of hydrogen-bond acceptors (Lipinski definition) is 4. The van der Waals surface area contributed by atoms with Crippen molar-refractivity contribution in [1.82, 2.24) is 14.9 Å². The van der Waals surface area contributed by atoms with Gasteiger partial charge in [-0.1, -0.05) is 24.3 Å². The largest absolute Gasteiger partial charge is 0.351 e. The Hall–Kier alpha value is -5.64. The van der Waals surface area contributed by atoms with Crippen LogP contribution in [0.4, 0.5) is 16.2 Å². The van der Waals surface area contributed by atoms with Gasteiger partial charge in [0.25, 0.3) is 11.8 Å². The van der Waals surface area contributed by atoms with Crippen LogP contribution in [0.1, 0.15) is 60.9 Å². The summed E-state index contributed by atoms with van der Waals surface area (Å²) in [4.78, 5) is 64.9. The van der Waals surface area contributed by atoms with Gasteiger partial charge in [0.1, 0.15) is 11.4 Å². The van der Waals surface area contributed by atoms with Gasteiger partial charge in [-0.3, -0.25) is 19.3 Å². The Labute approximate surface area is 268 Å². The van der Waals surface area contributed by atoms with Crippen molar-refractivity contribution in [2.75, 3.05) is 29.4 Å². The zero-order valence-corrected chi connectivity index (χ0v) is 25.4. The molecule has 5 aliphatic rings. The lowest BCUT2D eigenvalue weighted by Crippen LogP contribution is -2.43. The average Bonchev–Trinajstić information content (AvgIpc) is 3.57.